The standard InChI is InChI=1S/C10H12O2.C6H14/c1-2-4-9(5-3-1)10-8-11-6-7-12-10;1-3-5-6-4-2/h1-5,10H,6-8H2;3-6H2,1-2H3. The lowest BCUT2D eigenvalue weighted by Gasteiger charge is -2.22. The molecule has 0 radical (unpaired) electrons. The SMILES string of the molecule is CCCCCC.c1ccc(C2COCCO2)cc1. The average Bonchev–Trinajstić information content (AvgIpc) is 2.48. The number of hydrogen-bond acceptors (Lipinski definition) is 2. The molecule has 1 aromatic carbocycles. The van der Waals surface area contributed by atoms with Crippen LogP contribution in [0.15, 0.2) is 30.3 Å². The van der Waals surface area contributed by atoms with Crippen molar-refractivity contribution in [2.24, 2.45) is 0 Å². The Hall–Kier alpha value is -0.860. The van der Waals surface area contributed by atoms with Gasteiger partial charge in [-0.25, -0.2) is 0 Å². The van der Waals surface area contributed by atoms with E-state index in [4.69, 9.17) is 9.47 Å². The minimum Gasteiger partial charge on any atom is -0.376 e. The Morgan fingerprint density at radius 1 is 1.00 bits per heavy atom. The van der Waals surface area contributed by atoms with Crippen molar-refractivity contribution in [2.45, 2.75) is 45.6 Å². The number of unbranched alkanes of at least 4 members (excludes halogenated alkanes) is 3. The Labute approximate surface area is 111 Å². The highest BCUT2D eigenvalue weighted by atomic mass is 16.6. The van der Waals surface area contributed by atoms with Gasteiger partial charge in [0.2, 0.25) is 0 Å². The Morgan fingerprint density at radius 2 is 1.67 bits per heavy atom. The second-order valence-electron chi connectivity index (χ2n) is 4.55. The fourth-order valence-electron chi connectivity index (χ4n) is 1.85. The third-order valence-electron chi connectivity index (χ3n) is 2.94. The lowest BCUT2D eigenvalue weighted by Crippen LogP contribution is -2.21. The zero-order valence-electron chi connectivity index (χ0n) is 11.7. The third kappa shape index (κ3) is 6.18. The van der Waals surface area contributed by atoms with Gasteiger partial charge in [-0.3, -0.25) is 0 Å². The van der Waals surface area contributed by atoms with Crippen LogP contribution >= 0.6 is 0 Å². The summed E-state index contributed by atoms with van der Waals surface area (Å²) in [4.78, 5) is 0. The molecule has 1 saturated heterocycles. The van der Waals surface area contributed by atoms with E-state index in [2.05, 4.69) is 26.0 Å². The molecule has 0 amide bonds. The van der Waals surface area contributed by atoms with Crippen LogP contribution in [0.4, 0.5) is 0 Å². The first-order valence-electron chi connectivity index (χ1n) is 7.12. The van der Waals surface area contributed by atoms with Crippen LogP contribution in [0.25, 0.3) is 0 Å². The van der Waals surface area contributed by atoms with E-state index < -0.39 is 0 Å². The largest absolute Gasteiger partial charge is 0.376 e. The first kappa shape index (κ1) is 15.2. The molecule has 0 aromatic heterocycles. The molecule has 1 aliphatic rings. The maximum absolute atomic E-state index is 5.54. The first-order valence-corrected chi connectivity index (χ1v) is 7.12. The maximum atomic E-state index is 5.54. The van der Waals surface area contributed by atoms with Gasteiger partial charge in [-0.15, -0.1) is 0 Å². The lowest BCUT2D eigenvalue weighted by atomic mass is 10.1. The Morgan fingerprint density at radius 3 is 2.17 bits per heavy atom. The second kappa shape index (κ2) is 10.1. The van der Waals surface area contributed by atoms with E-state index in [1.165, 1.54) is 31.2 Å². The summed E-state index contributed by atoms with van der Waals surface area (Å²) in [7, 11) is 0. The Balaban J connectivity index is 0.000000232. The summed E-state index contributed by atoms with van der Waals surface area (Å²) in [6.07, 6.45) is 5.68. The third-order valence-corrected chi connectivity index (χ3v) is 2.94. The normalized spacial score (nSPS) is 18.9. The van der Waals surface area contributed by atoms with E-state index in [9.17, 15) is 0 Å². The summed E-state index contributed by atoms with van der Waals surface area (Å²) in [6, 6.07) is 10.2. The monoisotopic (exact) mass is 250 g/mol. The van der Waals surface area contributed by atoms with Gasteiger partial charge < -0.3 is 9.47 Å². The van der Waals surface area contributed by atoms with Gasteiger partial charge in [0.1, 0.15) is 6.10 Å². The molecular formula is C16H26O2. The van der Waals surface area contributed by atoms with Crippen LogP contribution in [0.2, 0.25) is 0 Å². The minimum absolute atomic E-state index is 0.139. The van der Waals surface area contributed by atoms with Gasteiger partial charge in [0.25, 0.3) is 0 Å². The summed E-state index contributed by atoms with van der Waals surface area (Å²) in [5.41, 5.74) is 1.21. The molecule has 0 aliphatic carbocycles. The predicted octanol–water partition coefficient (Wildman–Crippen LogP) is 4.36. The van der Waals surface area contributed by atoms with Crippen LogP contribution in [-0.4, -0.2) is 19.8 Å². The molecule has 2 heteroatoms. The lowest BCUT2D eigenvalue weighted by molar-refractivity contribution is -0.0901. The van der Waals surface area contributed by atoms with Crippen LogP contribution in [0.1, 0.15) is 51.2 Å². The molecule has 0 saturated carbocycles. The van der Waals surface area contributed by atoms with Crippen molar-refractivity contribution >= 4 is 0 Å². The summed E-state index contributed by atoms with van der Waals surface area (Å²) in [5, 5.41) is 0. The highest BCUT2D eigenvalue weighted by Crippen LogP contribution is 2.19. The topological polar surface area (TPSA) is 18.5 Å². The molecule has 0 spiro atoms. The van der Waals surface area contributed by atoms with Crippen molar-refractivity contribution in [3.63, 3.8) is 0 Å². The molecule has 18 heavy (non-hydrogen) atoms. The van der Waals surface area contributed by atoms with E-state index in [-0.39, 0.29) is 6.10 Å². The summed E-state index contributed by atoms with van der Waals surface area (Å²) in [6.45, 7) is 6.58. The van der Waals surface area contributed by atoms with Crippen LogP contribution < -0.4 is 0 Å². The summed E-state index contributed by atoms with van der Waals surface area (Å²) in [5.74, 6) is 0. The van der Waals surface area contributed by atoms with Gasteiger partial charge in [-0.2, -0.15) is 0 Å². The average molecular weight is 250 g/mol. The highest BCUT2D eigenvalue weighted by molar-refractivity contribution is 5.17. The molecule has 1 heterocycles. The van der Waals surface area contributed by atoms with Crippen molar-refractivity contribution in [3.05, 3.63) is 35.9 Å². The van der Waals surface area contributed by atoms with Crippen LogP contribution in [0, 0.1) is 0 Å². The molecule has 1 unspecified atom stereocenters. The zero-order valence-corrected chi connectivity index (χ0v) is 11.7. The molecule has 1 atom stereocenters. The molecule has 0 bridgehead atoms. The van der Waals surface area contributed by atoms with E-state index in [0.29, 0.717) is 13.2 Å². The summed E-state index contributed by atoms with van der Waals surface area (Å²) < 4.78 is 10.9. The van der Waals surface area contributed by atoms with E-state index in [0.717, 1.165) is 6.61 Å². The van der Waals surface area contributed by atoms with Gasteiger partial charge in [0.15, 0.2) is 0 Å². The number of ether oxygens (including phenoxy) is 2. The Bertz CT molecular complexity index is 274. The van der Waals surface area contributed by atoms with Gasteiger partial charge in [0.05, 0.1) is 19.8 Å². The predicted molar refractivity (Wildman–Crippen MR) is 75.8 cm³/mol. The number of benzene rings is 1. The van der Waals surface area contributed by atoms with Crippen LogP contribution in [0.5, 0.6) is 0 Å². The second-order valence-corrected chi connectivity index (χ2v) is 4.55. The fraction of sp³-hybridized carbons (Fsp3) is 0.625. The van der Waals surface area contributed by atoms with Crippen molar-refractivity contribution in [1.82, 2.24) is 0 Å². The molecule has 1 fully saturated rings. The highest BCUT2D eigenvalue weighted by Gasteiger charge is 2.15. The van der Waals surface area contributed by atoms with Crippen molar-refractivity contribution in [3.8, 4) is 0 Å². The van der Waals surface area contributed by atoms with E-state index in [1.807, 2.05) is 18.2 Å². The molecule has 2 rings (SSSR count). The number of rotatable bonds is 4. The zero-order chi connectivity index (χ0) is 13.1. The van der Waals surface area contributed by atoms with Gasteiger partial charge in [-0.05, 0) is 5.56 Å². The van der Waals surface area contributed by atoms with Gasteiger partial charge >= 0.3 is 0 Å². The van der Waals surface area contributed by atoms with E-state index in [1.54, 1.807) is 0 Å². The molecule has 102 valence electrons. The summed E-state index contributed by atoms with van der Waals surface area (Å²) >= 11 is 0. The van der Waals surface area contributed by atoms with Crippen LogP contribution in [0.3, 0.4) is 0 Å². The minimum atomic E-state index is 0.139. The quantitative estimate of drug-likeness (QED) is 0.739. The molecule has 1 aromatic rings. The van der Waals surface area contributed by atoms with Crippen molar-refractivity contribution in [2.75, 3.05) is 19.8 Å². The van der Waals surface area contributed by atoms with Crippen molar-refractivity contribution in [1.29, 1.82) is 0 Å². The molecule has 2 nitrogen and oxygen atoms in total. The molecule has 0 N–H and O–H groups in total. The fourth-order valence-corrected chi connectivity index (χ4v) is 1.85. The maximum Gasteiger partial charge on any atom is 0.106 e. The van der Waals surface area contributed by atoms with E-state index >= 15 is 0 Å². The van der Waals surface area contributed by atoms with Crippen molar-refractivity contribution < 1.29 is 9.47 Å². The molecular weight excluding hydrogens is 224 g/mol. The smallest absolute Gasteiger partial charge is 0.106 e. The first-order chi connectivity index (χ1) is 8.88. The van der Waals surface area contributed by atoms with Gasteiger partial charge in [0, 0.05) is 0 Å². The Kier molecular flexibility index (Phi) is 8.53. The molecule has 1 aliphatic heterocycles. The van der Waals surface area contributed by atoms with Crippen LogP contribution in [-0.2, 0) is 9.47 Å². The van der Waals surface area contributed by atoms with Gasteiger partial charge in [-0.1, -0.05) is 69.9 Å². The number of hydrogen-bond donors (Lipinski definition) is 0.